The molecule has 1 rings (SSSR count). The number of aryl methyl sites for hydroxylation is 1. The third kappa shape index (κ3) is 5.16. The Kier molecular flexibility index (Phi) is 4.35. The second-order valence-electron chi connectivity index (χ2n) is 5.66. The standard InChI is InChI=1S/C12H24N4/c1-12(2,3)10-15(4)7-5-8-16-9-6-11(13)14-16/h6,9H,5,7-8,10H2,1-4H3,(H2,13,14). The highest BCUT2D eigenvalue weighted by molar-refractivity contribution is 5.23. The first kappa shape index (κ1) is 13.0. The molecule has 1 aromatic heterocycles. The first-order valence-corrected chi connectivity index (χ1v) is 5.84. The Morgan fingerprint density at radius 2 is 2.12 bits per heavy atom. The van der Waals surface area contributed by atoms with Crippen LogP contribution in [0.2, 0.25) is 0 Å². The fourth-order valence-corrected chi connectivity index (χ4v) is 1.89. The molecular weight excluding hydrogens is 200 g/mol. The van der Waals surface area contributed by atoms with Crippen molar-refractivity contribution in [2.45, 2.75) is 33.7 Å². The van der Waals surface area contributed by atoms with E-state index in [9.17, 15) is 0 Å². The normalized spacial score (nSPS) is 12.3. The number of nitrogens with two attached hydrogens (primary N) is 1. The van der Waals surface area contributed by atoms with Gasteiger partial charge in [-0.15, -0.1) is 0 Å². The molecule has 0 fully saturated rings. The fourth-order valence-electron chi connectivity index (χ4n) is 1.89. The molecule has 16 heavy (non-hydrogen) atoms. The second kappa shape index (κ2) is 5.34. The van der Waals surface area contributed by atoms with E-state index in [1.807, 2.05) is 16.9 Å². The van der Waals surface area contributed by atoms with Crippen molar-refractivity contribution >= 4 is 5.82 Å². The van der Waals surface area contributed by atoms with Crippen molar-refractivity contribution in [3.05, 3.63) is 12.3 Å². The Morgan fingerprint density at radius 1 is 1.44 bits per heavy atom. The predicted molar refractivity (Wildman–Crippen MR) is 68.2 cm³/mol. The lowest BCUT2D eigenvalue weighted by Gasteiger charge is -2.26. The maximum absolute atomic E-state index is 5.55. The maximum Gasteiger partial charge on any atom is 0.145 e. The minimum Gasteiger partial charge on any atom is -0.382 e. The zero-order valence-electron chi connectivity index (χ0n) is 10.9. The molecule has 0 unspecified atom stereocenters. The van der Waals surface area contributed by atoms with E-state index in [1.54, 1.807) is 0 Å². The minimum absolute atomic E-state index is 0.366. The van der Waals surface area contributed by atoms with Crippen molar-refractivity contribution in [2.24, 2.45) is 5.41 Å². The van der Waals surface area contributed by atoms with Gasteiger partial charge in [0.1, 0.15) is 5.82 Å². The highest BCUT2D eigenvalue weighted by atomic mass is 15.3. The predicted octanol–water partition coefficient (Wildman–Crippen LogP) is 1.83. The molecular formula is C12H24N4. The van der Waals surface area contributed by atoms with Gasteiger partial charge in [-0.2, -0.15) is 5.10 Å². The van der Waals surface area contributed by atoms with Crippen molar-refractivity contribution in [3.8, 4) is 0 Å². The maximum atomic E-state index is 5.55. The average molecular weight is 224 g/mol. The van der Waals surface area contributed by atoms with E-state index < -0.39 is 0 Å². The topological polar surface area (TPSA) is 47.1 Å². The van der Waals surface area contributed by atoms with Gasteiger partial charge in [0.15, 0.2) is 0 Å². The van der Waals surface area contributed by atoms with Crippen LogP contribution >= 0.6 is 0 Å². The Bertz CT molecular complexity index is 311. The van der Waals surface area contributed by atoms with E-state index >= 15 is 0 Å². The van der Waals surface area contributed by atoms with Gasteiger partial charge in [0.25, 0.3) is 0 Å². The Hall–Kier alpha value is -1.03. The smallest absolute Gasteiger partial charge is 0.145 e. The van der Waals surface area contributed by atoms with Crippen LogP contribution in [-0.2, 0) is 6.54 Å². The lowest BCUT2D eigenvalue weighted by atomic mass is 9.96. The molecule has 0 spiro atoms. The molecule has 0 atom stereocenters. The third-order valence-electron chi connectivity index (χ3n) is 2.33. The summed E-state index contributed by atoms with van der Waals surface area (Å²) in [5.74, 6) is 0.600. The fraction of sp³-hybridized carbons (Fsp3) is 0.750. The molecule has 1 heterocycles. The summed E-state index contributed by atoms with van der Waals surface area (Å²) in [4.78, 5) is 2.37. The molecule has 0 amide bonds. The largest absolute Gasteiger partial charge is 0.382 e. The summed E-state index contributed by atoms with van der Waals surface area (Å²) in [5, 5.41) is 4.16. The molecule has 2 N–H and O–H groups in total. The zero-order valence-corrected chi connectivity index (χ0v) is 10.9. The second-order valence-corrected chi connectivity index (χ2v) is 5.66. The Labute approximate surface area is 98.4 Å². The van der Waals surface area contributed by atoms with Crippen LogP contribution in [0.3, 0.4) is 0 Å². The van der Waals surface area contributed by atoms with E-state index in [4.69, 9.17) is 5.73 Å². The first-order chi connectivity index (χ1) is 7.37. The van der Waals surface area contributed by atoms with E-state index in [0.29, 0.717) is 11.2 Å². The lowest BCUT2D eigenvalue weighted by Crippen LogP contribution is -2.30. The van der Waals surface area contributed by atoms with Gasteiger partial charge < -0.3 is 10.6 Å². The van der Waals surface area contributed by atoms with Gasteiger partial charge in [0.2, 0.25) is 0 Å². The van der Waals surface area contributed by atoms with Crippen molar-refractivity contribution in [3.63, 3.8) is 0 Å². The summed E-state index contributed by atoms with van der Waals surface area (Å²) < 4.78 is 1.90. The number of rotatable bonds is 5. The Balaban J connectivity index is 2.20. The third-order valence-corrected chi connectivity index (χ3v) is 2.33. The van der Waals surface area contributed by atoms with Crippen LogP contribution < -0.4 is 5.73 Å². The van der Waals surface area contributed by atoms with Gasteiger partial charge in [-0.3, -0.25) is 4.68 Å². The van der Waals surface area contributed by atoms with Gasteiger partial charge in [0.05, 0.1) is 0 Å². The van der Waals surface area contributed by atoms with Crippen LogP contribution in [0.15, 0.2) is 12.3 Å². The summed E-state index contributed by atoms with van der Waals surface area (Å²) in [6.07, 6.45) is 3.03. The van der Waals surface area contributed by atoms with Gasteiger partial charge in [-0.1, -0.05) is 20.8 Å². The van der Waals surface area contributed by atoms with Gasteiger partial charge in [0, 0.05) is 19.3 Å². The molecule has 4 nitrogen and oxygen atoms in total. The number of hydrogen-bond acceptors (Lipinski definition) is 3. The van der Waals surface area contributed by atoms with Crippen LogP contribution in [0.25, 0.3) is 0 Å². The molecule has 0 aromatic carbocycles. The van der Waals surface area contributed by atoms with Crippen molar-refractivity contribution in [1.29, 1.82) is 0 Å². The van der Waals surface area contributed by atoms with Crippen LogP contribution in [0.5, 0.6) is 0 Å². The van der Waals surface area contributed by atoms with Gasteiger partial charge in [-0.25, -0.2) is 0 Å². The van der Waals surface area contributed by atoms with E-state index in [1.165, 1.54) is 0 Å². The van der Waals surface area contributed by atoms with Gasteiger partial charge in [-0.05, 0) is 31.5 Å². The lowest BCUT2D eigenvalue weighted by molar-refractivity contribution is 0.221. The Morgan fingerprint density at radius 3 is 2.62 bits per heavy atom. The number of anilines is 1. The first-order valence-electron chi connectivity index (χ1n) is 5.84. The summed E-state index contributed by atoms with van der Waals surface area (Å²) >= 11 is 0. The zero-order chi connectivity index (χ0) is 12.2. The highest BCUT2D eigenvalue weighted by Crippen LogP contribution is 2.14. The van der Waals surface area contributed by atoms with Crippen LogP contribution in [-0.4, -0.2) is 34.8 Å². The average Bonchev–Trinajstić information content (AvgIpc) is 2.48. The number of nitrogen functional groups attached to an aromatic ring is 1. The summed E-state index contributed by atoms with van der Waals surface area (Å²) in [7, 11) is 2.17. The minimum atomic E-state index is 0.366. The van der Waals surface area contributed by atoms with Crippen LogP contribution in [0.1, 0.15) is 27.2 Å². The van der Waals surface area contributed by atoms with E-state index in [0.717, 1.165) is 26.1 Å². The summed E-state index contributed by atoms with van der Waals surface area (Å²) in [6.45, 7) is 9.93. The van der Waals surface area contributed by atoms with Crippen molar-refractivity contribution in [1.82, 2.24) is 14.7 Å². The molecule has 0 saturated carbocycles. The molecule has 0 aliphatic carbocycles. The molecule has 0 bridgehead atoms. The molecule has 0 radical (unpaired) electrons. The number of aromatic nitrogens is 2. The summed E-state index contributed by atoms with van der Waals surface area (Å²) in [6, 6.07) is 1.83. The van der Waals surface area contributed by atoms with E-state index in [-0.39, 0.29) is 0 Å². The molecule has 92 valence electrons. The summed E-state index contributed by atoms with van der Waals surface area (Å²) in [5.41, 5.74) is 5.92. The van der Waals surface area contributed by atoms with E-state index in [2.05, 4.69) is 37.8 Å². The molecule has 0 saturated heterocycles. The number of hydrogen-bond donors (Lipinski definition) is 1. The molecule has 1 aromatic rings. The highest BCUT2D eigenvalue weighted by Gasteiger charge is 2.12. The quantitative estimate of drug-likeness (QED) is 0.830. The van der Waals surface area contributed by atoms with Crippen molar-refractivity contribution in [2.75, 3.05) is 25.9 Å². The molecule has 0 aliphatic heterocycles. The van der Waals surface area contributed by atoms with Crippen molar-refractivity contribution < 1.29 is 0 Å². The van der Waals surface area contributed by atoms with Crippen LogP contribution in [0, 0.1) is 5.41 Å². The monoisotopic (exact) mass is 224 g/mol. The van der Waals surface area contributed by atoms with Gasteiger partial charge >= 0.3 is 0 Å². The SMILES string of the molecule is CN(CCCn1ccc(N)n1)CC(C)(C)C. The number of nitrogens with zero attached hydrogens (tertiary/aromatic N) is 3. The van der Waals surface area contributed by atoms with Crippen LogP contribution in [0.4, 0.5) is 5.82 Å². The molecule has 0 aliphatic rings. The molecule has 4 heteroatoms.